The average molecular weight is 455 g/mol. The molecule has 1 aromatic carbocycles. The molecule has 4 heterocycles. The lowest BCUT2D eigenvalue weighted by Gasteiger charge is -2.17. The van der Waals surface area contributed by atoms with E-state index in [0.717, 1.165) is 0 Å². The molecule has 0 atom stereocenters. The number of rotatable bonds is 2. The van der Waals surface area contributed by atoms with Crippen LogP contribution in [0, 0.1) is 19.7 Å². The van der Waals surface area contributed by atoms with Gasteiger partial charge >= 0.3 is 0 Å². The molecule has 4 aromatic rings. The molecule has 5 rings (SSSR count). The molecule has 1 aliphatic heterocycles. The number of benzene rings is 1. The Hall–Kier alpha value is -3.82. The van der Waals surface area contributed by atoms with E-state index in [1.165, 1.54) is 31.5 Å². The summed E-state index contributed by atoms with van der Waals surface area (Å²) in [6.07, 6.45) is -1.11. The van der Waals surface area contributed by atoms with Gasteiger partial charge in [0.05, 0.1) is 5.69 Å². The van der Waals surface area contributed by atoms with Crippen molar-refractivity contribution in [1.82, 2.24) is 19.6 Å². The lowest BCUT2D eigenvalue weighted by atomic mass is 10.1. The van der Waals surface area contributed by atoms with Crippen LogP contribution in [0.25, 0.3) is 16.9 Å². The fourth-order valence-corrected chi connectivity index (χ4v) is 3.94. The monoisotopic (exact) mass is 455 g/mol. The lowest BCUT2D eigenvalue weighted by Crippen LogP contribution is -2.11. The van der Waals surface area contributed by atoms with E-state index in [2.05, 4.69) is 20.5 Å². The predicted molar refractivity (Wildman–Crippen MR) is 115 cm³/mol. The molecule has 0 unspecified atom stereocenters. The summed E-state index contributed by atoms with van der Waals surface area (Å²) in [5.74, 6) is 1.23. The zero-order chi connectivity index (χ0) is 23.1. The van der Waals surface area contributed by atoms with E-state index in [9.17, 15) is 13.2 Å². The number of aromatic nitrogens is 4. The first-order chi connectivity index (χ1) is 15.9. The second-order valence-corrected chi connectivity index (χ2v) is 7.67. The fraction of sp³-hybridized carbons (Fsp3) is 0.261. The fourth-order valence-electron chi connectivity index (χ4n) is 3.94. The first-order valence-corrected chi connectivity index (χ1v) is 10.3. The molecule has 170 valence electrons. The topological polar surface area (TPSA) is 73.6 Å². The van der Waals surface area contributed by atoms with E-state index >= 15 is 0 Å². The van der Waals surface area contributed by atoms with Crippen LogP contribution in [0.1, 0.15) is 28.8 Å². The highest BCUT2D eigenvalue weighted by Crippen LogP contribution is 2.36. The van der Waals surface area contributed by atoms with Crippen molar-refractivity contribution < 1.29 is 22.6 Å². The van der Waals surface area contributed by atoms with Crippen LogP contribution in [0.4, 0.5) is 19.0 Å². The Kier molecular flexibility index (Phi) is 5.27. The molecular weight excluding hydrogens is 435 g/mol. The van der Waals surface area contributed by atoms with E-state index in [1.54, 1.807) is 16.5 Å². The third-order valence-electron chi connectivity index (χ3n) is 5.70. The number of hydrogen-bond acceptors (Lipinski definition) is 6. The highest BCUT2D eigenvalue weighted by molar-refractivity contribution is 5.80. The number of fused-ring (bicyclic) bond motifs is 5. The quantitative estimate of drug-likeness (QED) is 0.465. The highest BCUT2D eigenvalue weighted by Gasteiger charge is 2.21. The summed E-state index contributed by atoms with van der Waals surface area (Å²) in [6.45, 7) is 4.00. The molecule has 0 amide bonds. The summed E-state index contributed by atoms with van der Waals surface area (Å²) < 4.78 is 54.4. The molecule has 0 spiro atoms. The van der Waals surface area contributed by atoms with Crippen LogP contribution >= 0.6 is 0 Å². The number of pyridine rings is 2. The van der Waals surface area contributed by atoms with Crippen molar-refractivity contribution in [3.63, 3.8) is 0 Å². The van der Waals surface area contributed by atoms with Crippen molar-refractivity contribution in [2.24, 2.45) is 0 Å². The van der Waals surface area contributed by atoms with Crippen molar-refractivity contribution in [3.05, 3.63) is 64.9 Å². The number of halogens is 3. The molecule has 3 aromatic heterocycles. The van der Waals surface area contributed by atoms with Gasteiger partial charge in [0.1, 0.15) is 31.1 Å². The van der Waals surface area contributed by atoms with Gasteiger partial charge in [-0.3, -0.25) is 9.38 Å². The molecule has 1 N–H and O–H groups in total. The molecule has 0 aliphatic carbocycles. The van der Waals surface area contributed by atoms with Gasteiger partial charge in [-0.1, -0.05) is 0 Å². The number of hydrogen-bond donors (Lipinski definition) is 1. The Morgan fingerprint density at radius 1 is 1.06 bits per heavy atom. The van der Waals surface area contributed by atoms with Gasteiger partial charge in [-0.25, -0.2) is 13.2 Å². The van der Waals surface area contributed by atoms with Gasteiger partial charge in [-0.2, -0.15) is 0 Å². The second kappa shape index (κ2) is 8.27. The molecule has 0 saturated carbocycles. The molecule has 33 heavy (non-hydrogen) atoms. The first kappa shape index (κ1) is 21.0. The summed E-state index contributed by atoms with van der Waals surface area (Å²) >= 11 is 0. The highest BCUT2D eigenvalue weighted by atomic mass is 19.3. The van der Waals surface area contributed by atoms with Crippen molar-refractivity contribution in [1.29, 1.82) is 0 Å². The number of nitrogens with one attached hydrogen (secondary N) is 1. The first-order valence-electron chi connectivity index (χ1n) is 10.3. The van der Waals surface area contributed by atoms with E-state index in [4.69, 9.17) is 9.47 Å². The van der Waals surface area contributed by atoms with Crippen LogP contribution in [0.15, 0.2) is 36.7 Å². The molecule has 1 aliphatic rings. The van der Waals surface area contributed by atoms with Crippen LogP contribution in [0.2, 0.25) is 0 Å². The zero-order valence-corrected chi connectivity index (χ0v) is 17.9. The Morgan fingerprint density at radius 2 is 1.85 bits per heavy atom. The number of ether oxygens (including phenoxy) is 2. The molecule has 0 saturated heterocycles. The van der Waals surface area contributed by atoms with Crippen molar-refractivity contribution in [3.8, 4) is 22.8 Å². The van der Waals surface area contributed by atoms with Crippen LogP contribution in [-0.4, -0.2) is 32.8 Å². The van der Waals surface area contributed by atoms with Crippen molar-refractivity contribution in [2.75, 3.05) is 18.5 Å². The van der Waals surface area contributed by atoms with Gasteiger partial charge < -0.3 is 14.8 Å². The largest absolute Gasteiger partial charge is 0.490 e. The standard InChI is InChI=1S/C23H20F3N5O2/c1-12-16-10-27-23-20(33-8-7-32-19(12)6-4-17(16)24)9-15(22-30-28-11-31(22)23)18-5-3-14(21(25)26)13(2)29-18/h3-6,9,11,21,27H,7-8,10H2,1-2H3. The number of anilines is 1. The third-order valence-corrected chi connectivity index (χ3v) is 5.70. The van der Waals surface area contributed by atoms with Gasteiger partial charge in [0.25, 0.3) is 6.43 Å². The summed E-state index contributed by atoms with van der Waals surface area (Å²) in [7, 11) is 0. The lowest BCUT2D eigenvalue weighted by molar-refractivity contribution is 0.150. The molecule has 0 fully saturated rings. The molecular formula is C23H20F3N5O2. The van der Waals surface area contributed by atoms with Gasteiger partial charge in [-0.05, 0) is 49.7 Å². The molecule has 2 bridgehead atoms. The Morgan fingerprint density at radius 3 is 2.61 bits per heavy atom. The van der Waals surface area contributed by atoms with E-state index in [0.29, 0.717) is 45.3 Å². The second-order valence-electron chi connectivity index (χ2n) is 7.67. The third kappa shape index (κ3) is 3.71. The number of alkyl halides is 2. The van der Waals surface area contributed by atoms with Gasteiger partial charge in [0.2, 0.25) is 0 Å². The maximum absolute atomic E-state index is 14.5. The van der Waals surface area contributed by atoms with E-state index in [1.807, 2.05) is 6.92 Å². The molecule has 7 nitrogen and oxygen atoms in total. The SMILES string of the molecule is Cc1nc(-c2cc3c(n4cnnc24)NCc2c(F)ccc(c2C)OCCO3)ccc1C(F)F. The predicted octanol–water partition coefficient (Wildman–Crippen LogP) is 4.87. The summed E-state index contributed by atoms with van der Waals surface area (Å²) in [5.41, 5.74) is 2.77. The maximum atomic E-state index is 14.5. The summed E-state index contributed by atoms with van der Waals surface area (Å²) in [5, 5.41) is 11.4. The van der Waals surface area contributed by atoms with Gasteiger partial charge in [-0.15, -0.1) is 10.2 Å². The Bertz CT molecular complexity index is 1360. The average Bonchev–Trinajstić information content (AvgIpc) is 3.26. The van der Waals surface area contributed by atoms with E-state index in [-0.39, 0.29) is 36.8 Å². The van der Waals surface area contributed by atoms with Gasteiger partial charge in [0.15, 0.2) is 17.2 Å². The minimum absolute atomic E-state index is 0.124. The van der Waals surface area contributed by atoms with Crippen molar-refractivity contribution >= 4 is 11.5 Å². The minimum atomic E-state index is -2.61. The zero-order valence-electron chi connectivity index (χ0n) is 17.9. The van der Waals surface area contributed by atoms with Crippen LogP contribution in [0.5, 0.6) is 11.5 Å². The molecule has 0 radical (unpaired) electrons. The Balaban J connectivity index is 1.63. The van der Waals surface area contributed by atoms with Gasteiger partial charge in [0, 0.05) is 28.9 Å². The normalized spacial score (nSPS) is 13.6. The number of nitrogens with zero attached hydrogens (tertiary/aromatic N) is 4. The van der Waals surface area contributed by atoms with Crippen LogP contribution < -0.4 is 14.8 Å². The minimum Gasteiger partial charge on any atom is -0.490 e. The number of aryl methyl sites for hydroxylation is 1. The van der Waals surface area contributed by atoms with E-state index < -0.39 is 6.43 Å². The summed E-state index contributed by atoms with van der Waals surface area (Å²) in [4.78, 5) is 4.36. The Labute approximate surface area is 187 Å². The summed E-state index contributed by atoms with van der Waals surface area (Å²) in [6, 6.07) is 7.60. The van der Waals surface area contributed by atoms with Crippen LogP contribution in [0.3, 0.4) is 0 Å². The smallest absolute Gasteiger partial charge is 0.265 e. The maximum Gasteiger partial charge on any atom is 0.265 e. The van der Waals surface area contributed by atoms with Crippen LogP contribution in [-0.2, 0) is 6.54 Å². The van der Waals surface area contributed by atoms with Crippen molar-refractivity contribution in [2.45, 2.75) is 26.8 Å². The molecule has 10 heteroatoms.